The molecule has 1 aromatic heterocycles. The highest BCUT2D eigenvalue weighted by atomic mass is 19.1. The zero-order chi connectivity index (χ0) is 16.9. The van der Waals surface area contributed by atoms with E-state index in [1.807, 2.05) is 0 Å². The molecular formula is C17H20FN3O3. The molecule has 0 aliphatic carbocycles. The van der Waals surface area contributed by atoms with Gasteiger partial charge in [0.2, 0.25) is 5.89 Å². The summed E-state index contributed by atoms with van der Waals surface area (Å²) in [6.45, 7) is 1.85. The maximum absolute atomic E-state index is 12.9. The molecule has 128 valence electrons. The Hall–Kier alpha value is -2.41. The van der Waals surface area contributed by atoms with Crippen LogP contribution in [-0.2, 0) is 6.42 Å². The number of nitrogens with one attached hydrogen (secondary N) is 1. The lowest BCUT2D eigenvalue weighted by atomic mass is 10.1. The van der Waals surface area contributed by atoms with E-state index >= 15 is 0 Å². The zero-order valence-electron chi connectivity index (χ0n) is 13.2. The minimum Gasteiger partial charge on any atom is -0.444 e. The third-order valence-corrected chi connectivity index (χ3v) is 4.13. The van der Waals surface area contributed by atoms with Crippen molar-refractivity contribution in [1.82, 2.24) is 15.2 Å². The molecule has 1 saturated heterocycles. The molecule has 7 heteroatoms. The van der Waals surface area contributed by atoms with E-state index in [1.165, 1.54) is 12.1 Å². The molecule has 1 unspecified atom stereocenters. The molecule has 1 atom stereocenters. The lowest BCUT2D eigenvalue weighted by molar-refractivity contribution is 0.198. The number of hydrogen-bond donors (Lipinski definition) is 2. The highest BCUT2D eigenvalue weighted by Crippen LogP contribution is 2.19. The number of halogens is 1. The monoisotopic (exact) mass is 333 g/mol. The molecule has 0 bridgehead atoms. The molecule has 2 aromatic rings. The van der Waals surface area contributed by atoms with E-state index in [0.717, 1.165) is 12.1 Å². The van der Waals surface area contributed by atoms with Crippen LogP contribution in [0.2, 0.25) is 0 Å². The molecule has 0 spiro atoms. The summed E-state index contributed by atoms with van der Waals surface area (Å²) in [5, 5.41) is 12.0. The summed E-state index contributed by atoms with van der Waals surface area (Å²) in [4.78, 5) is 18.1. The summed E-state index contributed by atoms with van der Waals surface area (Å²) in [7, 11) is 0. The highest BCUT2D eigenvalue weighted by molar-refractivity contribution is 5.74. The van der Waals surface area contributed by atoms with E-state index < -0.39 is 0 Å². The predicted octanol–water partition coefficient (Wildman–Crippen LogP) is 2.05. The van der Waals surface area contributed by atoms with Crippen molar-refractivity contribution in [2.24, 2.45) is 5.92 Å². The van der Waals surface area contributed by atoms with Gasteiger partial charge in [-0.05, 0) is 30.7 Å². The van der Waals surface area contributed by atoms with Crippen molar-refractivity contribution in [1.29, 1.82) is 0 Å². The quantitative estimate of drug-likeness (QED) is 0.878. The van der Waals surface area contributed by atoms with Crippen LogP contribution in [0, 0.1) is 11.7 Å². The Bertz CT molecular complexity index is 687. The summed E-state index contributed by atoms with van der Waals surface area (Å²) >= 11 is 0. The van der Waals surface area contributed by atoms with E-state index in [1.54, 1.807) is 23.3 Å². The van der Waals surface area contributed by atoms with E-state index in [4.69, 9.17) is 9.52 Å². The molecule has 1 aliphatic rings. The fourth-order valence-electron chi connectivity index (χ4n) is 2.72. The molecule has 2 heterocycles. The smallest absolute Gasteiger partial charge is 0.317 e. The van der Waals surface area contributed by atoms with Crippen molar-refractivity contribution in [3.8, 4) is 11.5 Å². The Kier molecular flexibility index (Phi) is 5.10. The number of benzene rings is 1. The molecule has 2 N–H and O–H groups in total. The van der Waals surface area contributed by atoms with Crippen molar-refractivity contribution in [2.75, 3.05) is 26.2 Å². The highest BCUT2D eigenvalue weighted by Gasteiger charge is 2.25. The number of aliphatic hydroxyl groups is 1. The molecule has 0 saturated carbocycles. The van der Waals surface area contributed by atoms with Crippen molar-refractivity contribution >= 4 is 6.03 Å². The minimum atomic E-state index is -0.307. The number of carbonyl (C=O) groups excluding carboxylic acids is 1. The zero-order valence-corrected chi connectivity index (χ0v) is 13.2. The van der Waals surface area contributed by atoms with Crippen LogP contribution in [0.3, 0.4) is 0 Å². The molecule has 6 nitrogen and oxygen atoms in total. The summed E-state index contributed by atoms with van der Waals surface area (Å²) in [5.41, 5.74) is 1.43. The predicted molar refractivity (Wildman–Crippen MR) is 85.8 cm³/mol. The van der Waals surface area contributed by atoms with Gasteiger partial charge in [-0.3, -0.25) is 0 Å². The van der Waals surface area contributed by atoms with Crippen molar-refractivity contribution in [3.63, 3.8) is 0 Å². The number of amides is 2. The van der Waals surface area contributed by atoms with Crippen molar-refractivity contribution in [2.45, 2.75) is 12.8 Å². The topological polar surface area (TPSA) is 78.6 Å². The van der Waals surface area contributed by atoms with Crippen LogP contribution in [0.25, 0.3) is 11.5 Å². The third-order valence-electron chi connectivity index (χ3n) is 4.13. The number of oxazole rings is 1. The summed E-state index contributed by atoms with van der Waals surface area (Å²) in [6.07, 6.45) is 2.93. The SMILES string of the molecule is O=C(NCCc1coc(-c2ccc(F)cc2)n1)N1CCC(CO)C1. The second-order valence-electron chi connectivity index (χ2n) is 5.92. The van der Waals surface area contributed by atoms with Crippen LogP contribution in [-0.4, -0.2) is 47.3 Å². The fourth-order valence-corrected chi connectivity index (χ4v) is 2.72. The van der Waals surface area contributed by atoms with Crippen LogP contribution in [0.4, 0.5) is 9.18 Å². The summed E-state index contributed by atoms with van der Waals surface area (Å²) in [5.74, 6) is 0.310. The van der Waals surface area contributed by atoms with E-state index in [0.29, 0.717) is 37.5 Å². The lowest BCUT2D eigenvalue weighted by Crippen LogP contribution is -2.39. The van der Waals surface area contributed by atoms with Gasteiger partial charge in [-0.25, -0.2) is 14.2 Å². The molecule has 0 radical (unpaired) electrons. The van der Waals surface area contributed by atoms with Gasteiger partial charge in [-0.15, -0.1) is 0 Å². The average Bonchev–Trinajstić information content (AvgIpc) is 3.24. The largest absolute Gasteiger partial charge is 0.444 e. The maximum Gasteiger partial charge on any atom is 0.317 e. The minimum absolute atomic E-state index is 0.117. The Morgan fingerprint density at radius 1 is 1.42 bits per heavy atom. The van der Waals surface area contributed by atoms with Crippen LogP contribution in [0.1, 0.15) is 12.1 Å². The standard InChI is InChI=1S/C17H20FN3O3/c18-14-3-1-13(2-4-14)16-20-15(11-24-16)5-7-19-17(23)21-8-6-12(9-21)10-22/h1-4,11-12,22H,5-10H2,(H,19,23). The van der Waals surface area contributed by atoms with Crippen LogP contribution in [0.5, 0.6) is 0 Å². The van der Waals surface area contributed by atoms with Gasteiger partial charge in [0.05, 0.1) is 5.69 Å². The first-order chi connectivity index (χ1) is 11.7. The number of carbonyl (C=O) groups is 1. The number of rotatable bonds is 5. The lowest BCUT2D eigenvalue weighted by Gasteiger charge is -2.16. The first-order valence-corrected chi connectivity index (χ1v) is 7.99. The van der Waals surface area contributed by atoms with Gasteiger partial charge in [0.1, 0.15) is 12.1 Å². The number of urea groups is 1. The van der Waals surface area contributed by atoms with Gasteiger partial charge in [-0.1, -0.05) is 0 Å². The normalized spacial score (nSPS) is 17.2. The summed E-state index contributed by atoms with van der Waals surface area (Å²) in [6, 6.07) is 5.81. The van der Waals surface area contributed by atoms with Gasteiger partial charge in [-0.2, -0.15) is 0 Å². The molecule has 1 aromatic carbocycles. The number of aromatic nitrogens is 1. The first-order valence-electron chi connectivity index (χ1n) is 7.99. The number of likely N-dealkylation sites (tertiary alicyclic amines) is 1. The Morgan fingerprint density at radius 2 is 2.21 bits per heavy atom. The third kappa shape index (κ3) is 3.91. The van der Waals surface area contributed by atoms with Gasteiger partial charge < -0.3 is 19.7 Å². The Balaban J connectivity index is 1.47. The van der Waals surface area contributed by atoms with Gasteiger partial charge >= 0.3 is 6.03 Å². The average molecular weight is 333 g/mol. The van der Waals surface area contributed by atoms with Crippen LogP contribution >= 0.6 is 0 Å². The molecule has 1 fully saturated rings. The first kappa shape index (κ1) is 16.4. The second-order valence-corrected chi connectivity index (χ2v) is 5.92. The number of nitrogens with zero attached hydrogens (tertiary/aromatic N) is 2. The van der Waals surface area contributed by atoms with Gasteiger partial charge in [0.25, 0.3) is 0 Å². The van der Waals surface area contributed by atoms with Crippen LogP contribution < -0.4 is 5.32 Å². The molecule has 1 aliphatic heterocycles. The number of hydrogen-bond acceptors (Lipinski definition) is 4. The van der Waals surface area contributed by atoms with E-state index in [2.05, 4.69) is 10.3 Å². The molecule has 3 rings (SSSR count). The molecular weight excluding hydrogens is 313 g/mol. The molecule has 24 heavy (non-hydrogen) atoms. The maximum atomic E-state index is 12.9. The second kappa shape index (κ2) is 7.44. The number of aliphatic hydroxyl groups excluding tert-OH is 1. The van der Waals surface area contributed by atoms with Gasteiger partial charge in [0.15, 0.2) is 0 Å². The van der Waals surface area contributed by atoms with Crippen molar-refractivity contribution in [3.05, 3.63) is 42.0 Å². The Labute approximate surface area is 139 Å². The van der Waals surface area contributed by atoms with E-state index in [9.17, 15) is 9.18 Å². The van der Waals surface area contributed by atoms with Gasteiger partial charge in [0, 0.05) is 44.1 Å². The van der Waals surface area contributed by atoms with Crippen LogP contribution in [0.15, 0.2) is 34.9 Å². The van der Waals surface area contributed by atoms with Crippen molar-refractivity contribution < 1.29 is 18.7 Å². The fraction of sp³-hybridized carbons (Fsp3) is 0.412. The molecule has 2 amide bonds. The van der Waals surface area contributed by atoms with E-state index in [-0.39, 0.29) is 24.4 Å². The Morgan fingerprint density at radius 3 is 2.92 bits per heavy atom. The summed E-state index contributed by atoms with van der Waals surface area (Å²) < 4.78 is 18.3.